The number of hydrogen-bond donors (Lipinski definition) is 0. The van der Waals surface area contributed by atoms with E-state index in [0.717, 1.165) is 16.7 Å². The fourth-order valence-corrected chi connectivity index (χ4v) is 2.92. The van der Waals surface area contributed by atoms with Gasteiger partial charge in [0.2, 0.25) is 8.32 Å². The van der Waals surface area contributed by atoms with Crippen LogP contribution in [0.2, 0.25) is 18.1 Å². The van der Waals surface area contributed by atoms with Gasteiger partial charge in [-0.25, -0.2) is 0 Å². The van der Waals surface area contributed by atoms with E-state index in [1.165, 1.54) is 0 Å². The minimum absolute atomic E-state index is 0.152. The summed E-state index contributed by atoms with van der Waals surface area (Å²) in [6.45, 7) is 12.9. The molecule has 0 aliphatic carbocycles. The Hall–Kier alpha value is -1.91. The number of nitrogens with zero attached hydrogens (tertiary/aromatic N) is 3. The van der Waals surface area contributed by atoms with Crippen molar-refractivity contribution in [3.05, 3.63) is 40.5 Å². The smallest absolute Gasteiger partial charge is 0.250 e. The second-order valence-corrected chi connectivity index (χ2v) is 11.8. The fourth-order valence-electron chi connectivity index (χ4n) is 1.89. The third-order valence-corrected chi connectivity index (χ3v) is 8.68. The molecular weight excluding hydrogens is 294 g/mol. The van der Waals surface area contributed by atoms with Crippen LogP contribution < -0.4 is 4.43 Å². The van der Waals surface area contributed by atoms with E-state index < -0.39 is 8.32 Å². The molecule has 6 heteroatoms. The molecule has 1 atom stereocenters. The summed E-state index contributed by atoms with van der Waals surface area (Å²) in [5.74, 6) is 1.53. The summed E-state index contributed by atoms with van der Waals surface area (Å²) in [7, 11) is -1.86. The van der Waals surface area contributed by atoms with Crippen LogP contribution in [0.4, 0.5) is 0 Å². The molecule has 22 heavy (non-hydrogen) atoms. The molecule has 0 bridgehead atoms. The van der Waals surface area contributed by atoms with Gasteiger partial charge in [-0.1, -0.05) is 25.9 Å². The van der Waals surface area contributed by atoms with Crippen molar-refractivity contribution >= 4 is 19.3 Å². The first-order chi connectivity index (χ1) is 10.1. The maximum Gasteiger partial charge on any atom is 0.250 e. The molecule has 1 aromatic carbocycles. The topological polar surface area (TPSA) is 71.1 Å². The lowest BCUT2D eigenvalue weighted by molar-refractivity contribution is 0.491. The molecule has 0 saturated carbocycles. The standard InChI is InChI=1S/C16H23N3O2Si/c1-11(18-19-17)15-10-12-9-13(7-8-14(12)20-15)21-22(5,6)16(2,3)4/h7-11H,1-6H3. The van der Waals surface area contributed by atoms with E-state index in [2.05, 4.69) is 43.9 Å². The Labute approximate surface area is 132 Å². The van der Waals surface area contributed by atoms with Crippen LogP contribution in [0.1, 0.15) is 39.5 Å². The van der Waals surface area contributed by atoms with Crippen LogP contribution in [0.5, 0.6) is 5.75 Å². The SMILES string of the molecule is CC(N=[N+]=[N-])c1cc2cc(O[Si](C)(C)C(C)(C)C)ccc2o1. The van der Waals surface area contributed by atoms with Crippen molar-refractivity contribution in [1.29, 1.82) is 0 Å². The molecule has 0 spiro atoms. The first-order valence-corrected chi connectivity index (χ1v) is 10.3. The summed E-state index contributed by atoms with van der Waals surface area (Å²) in [4.78, 5) is 2.82. The van der Waals surface area contributed by atoms with E-state index >= 15 is 0 Å². The first kappa shape index (κ1) is 16.5. The zero-order chi connectivity index (χ0) is 16.5. The second kappa shape index (κ2) is 5.70. The highest BCUT2D eigenvalue weighted by Gasteiger charge is 2.39. The summed E-state index contributed by atoms with van der Waals surface area (Å²) in [5, 5.41) is 4.78. The molecule has 5 nitrogen and oxygen atoms in total. The van der Waals surface area contributed by atoms with Gasteiger partial charge in [0.15, 0.2) is 0 Å². The average Bonchev–Trinajstić information content (AvgIpc) is 2.80. The van der Waals surface area contributed by atoms with E-state index in [1.807, 2.05) is 31.2 Å². The Morgan fingerprint density at radius 1 is 1.27 bits per heavy atom. The maximum absolute atomic E-state index is 8.52. The summed E-state index contributed by atoms with van der Waals surface area (Å²) in [6, 6.07) is 7.43. The van der Waals surface area contributed by atoms with Crippen LogP contribution >= 0.6 is 0 Å². The van der Waals surface area contributed by atoms with E-state index in [0.29, 0.717) is 5.76 Å². The Morgan fingerprint density at radius 3 is 2.55 bits per heavy atom. The maximum atomic E-state index is 8.52. The van der Waals surface area contributed by atoms with Crippen LogP contribution in [-0.4, -0.2) is 8.32 Å². The largest absolute Gasteiger partial charge is 0.543 e. The van der Waals surface area contributed by atoms with Crippen molar-refractivity contribution in [1.82, 2.24) is 0 Å². The van der Waals surface area contributed by atoms with Crippen LogP contribution in [0.15, 0.2) is 33.8 Å². The Bertz CT molecular complexity index is 725. The molecule has 1 aromatic heterocycles. The van der Waals surface area contributed by atoms with Gasteiger partial charge in [-0.3, -0.25) is 0 Å². The van der Waals surface area contributed by atoms with Crippen LogP contribution in [0, 0.1) is 0 Å². The molecule has 2 aromatic rings. The Kier molecular flexibility index (Phi) is 4.27. The summed E-state index contributed by atoms with van der Waals surface area (Å²) >= 11 is 0. The summed E-state index contributed by atoms with van der Waals surface area (Å²) in [5.41, 5.74) is 9.30. The normalized spacial score (nSPS) is 13.7. The molecule has 0 aliphatic rings. The van der Waals surface area contributed by atoms with E-state index in [4.69, 9.17) is 14.4 Å². The molecular formula is C16H23N3O2Si. The number of furan rings is 1. The van der Waals surface area contributed by atoms with Crippen molar-refractivity contribution < 1.29 is 8.84 Å². The highest BCUT2D eigenvalue weighted by atomic mass is 28.4. The lowest BCUT2D eigenvalue weighted by Crippen LogP contribution is -2.43. The van der Waals surface area contributed by atoms with Crippen molar-refractivity contribution in [2.75, 3.05) is 0 Å². The van der Waals surface area contributed by atoms with E-state index in [9.17, 15) is 0 Å². The monoisotopic (exact) mass is 317 g/mol. The lowest BCUT2D eigenvalue weighted by Gasteiger charge is -2.36. The molecule has 0 fully saturated rings. The van der Waals surface area contributed by atoms with Crippen molar-refractivity contribution in [2.24, 2.45) is 5.11 Å². The van der Waals surface area contributed by atoms with Gasteiger partial charge < -0.3 is 8.84 Å². The van der Waals surface area contributed by atoms with Gasteiger partial charge in [0.1, 0.15) is 17.1 Å². The zero-order valence-electron chi connectivity index (χ0n) is 14.0. The Morgan fingerprint density at radius 2 is 1.95 bits per heavy atom. The predicted molar refractivity (Wildman–Crippen MR) is 91.6 cm³/mol. The molecule has 0 radical (unpaired) electrons. The number of benzene rings is 1. The molecule has 2 rings (SSSR count). The predicted octanol–water partition coefficient (Wildman–Crippen LogP) is 6.19. The van der Waals surface area contributed by atoms with Crippen LogP contribution in [-0.2, 0) is 0 Å². The first-order valence-electron chi connectivity index (χ1n) is 7.41. The highest BCUT2D eigenvalue weighted by Crippen LogP contribution is 2.38. The summed E-state index contributed by atoms with van der Waals surface area (Å²) in [6.07, 6.45) is 0. The van der Waals surface area contributed by atoms with Gasteiger partial charge in [-0.05, 0) is 54.9 Å². The van der Waals surface area contributed by atoms with Gasteiger partial charge in [0.05, 0.1) is 6.04 Å². The third-order valence-electron chi connectivity index (χ3n) is 4.32. The molecule has 1 heterocycles. The number of azide groups is 1. The molecule has 0 N–H and O–H groups in total. The van der Waals surface area contributed by atoms with E-state index in [-0.39, 0.29) is 11.1 Å². The zero-order valence-corrected chi connectivity index (χ0v) is 15.0. The van der Waals surface area contributed by atoms with Gasteiger partial charge in [0, 0.05) is 10.3 Å². The van der Waals surface area contributed by atoms with Gasteiger partial charge >= 0.3 is 0 Å². The second-order valence-electron chi connectivity index (χ2n) is 7.09. The van der Waals surface area contributed by atoms with Crippen molar-refractivity contribution in [3.8, 4) is 5.75 Å². The number of hydrogen-bond acceptors (Lipinski definition) is 3. The minimum Gasteiger partial charge on any atom is -0.543 e. The highest BCUT2D eigenvalue weighted by molar-refractivity contribution is 6.74. The van der Waals surface area contributed by atoms with Gasteiger partial charge in [-0.2, -0.15) is 0 Å². The number of rotatable bonds is 4. The minimum atomic E-state index is -1.86. The lowest BCUT2D eigenvalue weighted by atomic mass is 10.2. The quantitative estimate of drug-likeness (QED) is 0.292. The third kappa shape index (κ3) is 3.29. The fraction of sp³-hybridized carbons (Fsp3) is 0.500. The number of fused-ring (bicyclic) bond motifs is 1. The van der Waals surface area contributed by atoms with Crippen LogP contribution in [0.25, 0.3) is 21.4 Å². The Balaban J connectivity index is 2.33. The van der Waals surface area contributed by atoms with Gasteiger partial charge in [0.25, 0.3) is 0 Å². The van der Waals surface area contributed by atoms with Crippen molar-refractivity contribution in [2.45, 2.75) is 51.9 Å². The average molecular weight is 317 g/mol. The van der Waals surface area contributed by atoms with Crippen LogP contribution in [0.3, 0.4) is 0 Å². The molecule has 0 saturated heterocycles. The summed E-state index contributed by atoms with van der Waals surface area (Å²) < 4.78 is 12.0. The molecule has 0 aliphatic heterocycles. The van der Waals surface area contributed by atoms with Gasteiger partial charge in [-0.15, -0.1) is 0 Å². The molecule has 1 unspecified atom stereocenters. The van der Waals surface area contributed by atoms with Crippen molar-refractivity contribution in [3.63, 3.8) is 0 Å². The molecule has 0 amide bonds. The molecule has 118 valence electrons. The van der Waals surface area contributed by atoms with E-state index in [1.54, 1.807) is 0 Å².